The highest BCUT2D eigenvalue weighted by Gasteiger charge is 2.11. The molecule has 0 saturated heterocycles. The maximum absolute atomic E-state index is 6.34. The van der Waals surface area contributed by atoms with Crippen LogP contribution >= 0.6 is 11.6 Å². The minimum Gasteiger partial charge on any atom is -0.261 e. The van der Waals surface area contributed by atoms with E-state index in [4.69, 9.17) is 11.6 Å². The molecule has 0 aliphatic carbocycles. The van der Waals surface area contributed by atoms with Crippen LogP contribution in [0.15, 0.2) is 61.1 Å². The minimum atomic E-state index is 0.499. The molecule has 0 aliphatic rings. The van der Waals surface area contributed by atoms with E-state index in [1.165, 1.54) is 0 Å². The third-order valence-corrected chi connectivity index (χ3v) is 3.55. The number of hydrogen-bond acceptors (Lipinski definition) is 4. The van der Waals surface area contributed by atoms with Crippen LogP contribution in [0.5, 0.6) is 0 Å². The van der Waals surface area contributed by atoms with Crippen molar-refractivity contribution in [3.05, 3.63) is 66.2 Å². The van der Waals surface area contributed by atoms with Gasteiger partial charge in [-0.1, -0.05) is 41.9 Å². The predicted molar refractivity (Wildman–Crippen MR) is 84.5 cm³/mol. The fraction of sp³-hybridized carbons (Fsp3) is 0. The van der Waals surface area contributed by atoms with Crippen LogP contribution in [0.3, 0.4) is 0 Å². The molecule has 0 unspecified atom stereocenters. The lowest BCUT2D eigenvalue weighted by Gasteiger charge is -2.03. The van der Waals surface area contributed by atoms with E-state index in [-0.39, 0.29) is 0 Å². The average molecular weight is 308 g/mol. The maximum atomic E-state index is 6.34. The fourth-order valence-electron chi connectivity index (χ4n) is 2.25. The number of hydrogen-bond donors (Lipinski definition) is 0. The molecule has 5 nitrogen and oxygen atoms in total. The van der Waals surface area contributed by atoms with Gasteiger partial charge in [-0.05, 0) is 0 Å². The van der Waals surface area contributed by atoms with Gasteiger partial charge in [-0.3, -0.25) is 9.97 Å². The zero-order valence-electron chi connectivity index (χ0n) is 11.4. The van der Waals surface area contributed by atoms with Gasteiger partial charge >= 0.3 is 0 Å². The Bertz CT molecular complexity index is 935. The number of fused-ring (bicyclic) bond motifs is 1. The maximum Gasteiger partial charge on any atom is 0.158 e. The highest BCUT2D eigenvalue weighted by atomic mass is 35.5. The van der Waals surface area contributed by atoms with Gasteiger partial charge in [0, 0.05) is 30.1 Å². The standard InChI is InChI=1S/C16H10ClN5/c17-15-8-12(11-4-2-1-3-5-11)20-16-9-13(21-22(15)16)14-10-18-6-7-19-14/h1-10H. The van der Waals surface area contributed by atoms with Crippen molar-refractivity contribution in [2.45, 2.75) is 0 Å². The smallest absolute Gasteiger partial charge is 0.158 e. The van der Waals surface area contributed by atoms with Crippen LogP contribution in [-0.4, -0.2) is 24.6 Å². The van der Waals surface area contributed by atoms with Crippen molar-refractivity contribution >= 4 is 17.2 Å². The van der Waals surface area contributed by atoms with Crippen LogP contribution in [0, 0.1) is 0 Å². The average Bonchev–Trinajstić information content (AvgIpc) is 3.01. The van der Waals surface area contributed by atoms with E-state index in [2.05, 4.69) is 20.1 Å². The highest BCUT2D eigenvalue weighted by Crippen LogP contribution is 2.24. The number of aromatic nitrogens is 5. The first-order chi connectivity index (χ1) is 10.8. The van der Waals surface area contributed by atoms with Crippen LogP contribution in [-0.2, 0) is 0 Å². The van der Waals surface area contributed by atoms with Gasteiger partial charge in [0.05, 0.1) is 11.9 Å². The van der Waals surface area contributed by atoms with E-state index < -0.39 is 0 Å². The second-order valence-electron chi connectivity index (χ2n) is 4.72. The lowest BCUT2D eigenvalue weighted by atomic mass is 10.1. The first kappa shape index (κ1) is 12.9. The molecule has 0 saturated carbocycles. The Morgan fingerprint density at radius 1 is 0.909 bits per heavy atom. The van der Waals surface area contributed by atoms with E-state index in [9.17, 15) is 0 Å². The van der Waals surface area contributed by atoms with Crippen molar-refractivity contribution in [3.63, 3.8) is 0 Å². The summed E-state index contributed by atoms with van der Waals surface area (Å²) in [7, 11) is 0. The van der Waals surface area contributed by atoms with E-state index in [1.54, 1.807) is 29.2 Å². The summed E-state index contributed by atoms with van der Waals surface area (Å²) < 4.78 is 1.60. The van der Waals surface area contributed by atoms with Gasteiger partial charge in [0.15, 0.2) is 5.65 Å². The summed E-state index contributed by atoms with van der Waals surface area (Å²) in [5.41, 5.74) is 3.86. The predicted octanol–water partition coefficient (Wildman–Crippen LogP) is 3.51. The van der Waals surface area contributed by atoms with E-state index >= 15 is 0 Å². The molecule has 0 amide bonds. The number of halogens is 1. The van der Waals surface area contributed by atoms with Gasteiger partial charge < -0.3 is 0 Å². The summed E-state index contributed by atoms with van der Waals surface area (Å²) in [6.07, 6.45) is 4.91. The van der Waals surface area contributed by atoms with E-state index in [0.29, 0.717) is 22.2 Å². The van der Waals surface area contributed by atoms with Gasteiger partial charge in [-0.25, -0.2) is 9.50 Å². The lowest BCUT2D eigenvalue weighted by molar-refractivity contribution is 0.941. The fourth-order valence-corrected chi connectivity index (χ4v) is 2.48. The monoisotopic (exact) mass is 307 g/mol. The van der Waals surface area contributed by atoms with Crippen molar-refractivity contribution in [1.29, 1.82) is 0 Å². The Labute approximate surface area is 131 Å². The van der Waals surface area contributed by atoms with Gasteiger partial charge in [0.1, 0.15) is 16.5 Å². The molecule has 22 heavy (non-hydrogen) atoms. The summed E-state index contributed by atoms with van der Waals surface area (Å²) in [5, 5.41) is 4.94. The van der Waals surface area contributed by atoms with Gasteiger partial charge in [-0.15, -0.1) is 0 Å². The summed E-state index contributed by atoms with van der Waals surface area (Å²) in [4.78, 5) is 12.9. The molecule has 1 aromatic carbocycles. The topological polar surface area (TPSA) is 56.0 Å². The first-order valence-corrected chi connectivity index (χ1v) is 7.07. The van der Waals surface area contributed by atoms with Gasteiger partial charge in [0.25, 0.3) is 0 Å². The molecule has 0 fully saturated rings. The SMILES string of the molecule is Clc1cc(-c2ccccc2)nc2cc(-c3cnccn3)nn12. The second-order valence-corrected chi connectivity index (χ2v) is 5.11. The molecule has 0 bridgehead atoms. The lowest BCUT2D eigenvalue weighted by Crippen LogP contribution is -1.94. The summed E-state index contributed by atoms with van der Waals surface area (Å²) >= 11 is 6.34. The zero-order valence-corrected chi connectivity index (χ0v) is 12.1. The molecule has 3 aromatic heterocycles. The highest BCUT2D eigenvalue weighted by molar-refractivity contribution is 6.30. The first-order valence-electron chi connectivity index (χ1n) is 6.69. The van der Waals surface area contributed by atoms with E-state index in [1.807, 2.05) is 36.4 Å². The van der Waals surface area contributed by atoms with Crippen LogP contribution in [0.2, 0.25) is 5.15 Å². The Kier molecular flexibility index (Phi) is 3.05. The molecular weight excluding hydrogens is 298 g/mol. The van der Waals surface area contributed by atoms with Crippen LogP contribution in [0.4, 0.5) is 0 Å². The van der Waals surface area contributed by atoms with Crippen molar-refractivity contribution in [2.75, 3.05) is 0 Å². The van der Waals surface area contributed by atoms with Crippen LogP contribution < -0.4 is 0 Å². The number of benzene rings is 1. The minimum absolute atomic E-state index is 0.499. The molecule has 106 valence electrons. The molecule has 4 aromatic rings. The molecule has 0 spiro atoms. The Morgan fingerprint density at radius 3 is 2.55 bits per heavy atom. The molecule has 0 radical (unpaired) electrons. The quantitative estimate of drug-likeness (QED) is 0.532. The molecule has 0 N–H and O–H groups in total. The Hall–Kier alpha value is -2.79. The zero-order chi connectivity index (χ0) is 14.9. The summed E-state index contributed by atoms with van der Waals surface area (Å²) in [5.74, 6) is 0. The third-order valence-electron chi connectivity index (χ3n) is 3.28. The number of rotatable bonds is 2. The molecule has 6 heteroatoms. The van der Waals surface area contributed by atoms with Crippen molar-refractivity contribution in [2.24, 2.45) is 0 Å². The third kappa shape index (κ3) is 2.21. The number of nitrogens with zero attached hydrogens (tertiary/aromatic N) is 5. The summed E-state index contributed by atoms with van der Waals surface area (Å²) in [6, 6.07) is 13.5. The largest absolute Gasteiger partial charge is 0.261 e. The van der Waals surface area contributed by atoms with Crippen molar-refractivity contribution in [1.82, 2.24) is 24.6 Å². The normalized spacial score (nSPS) is 11.0. The molecular formula is C16H10ClN5. The van der Waals surface area contributed by atoms with Crippen LogP contribution in [0.25, 0.3) is 28.3 Å². The van der Waals surface area contributed by atoms with Crippen molar-refractivity contribution in [3.8, 4) is 22.6 Å². The molecule has 0 atom stereocenters. The van der Waals surface area contributed by atoms with E-state index in [0.717, 1.165) is 11.3 Å². The summed E-state index contributed by atoms with van der Waals surface area (Å²) in [6.45, 7) is 0. The van der Waals surface area contributed by atoms with Gasteiger partial charge in [0.2, 0.25) is 0 Å². The Morgan fingerprint density at radius 2 is 1.77 bits per heavy atom. The molecule has 0 aliphatic heterocycles. The second kappa shape index (κ2) is 5.20. The Balaban J connectivity index is 1.88. The van der Waals surface area contributed by atoms with Gasteiger partial charge in [-0.2, -0.15) is 5.10 Å². The molecule has 3 heterocycles. The van der Waals surface area contributed by atoms with Crippen LogP contribution in [0.1, 0.15) is 0 Å². The van der Waals surface area contributed by atoms with Crippen molar-refractivity contribution < 1.29 is 0 Å². The molecule has 4 rings (SSSR count).